The quantitative estimate of drug-likeness (QED) is 0.166. The summed E-state index contributed by atoms with van der Waals surface area (Å²) in [5, 5.41) is 12.1. The van der Waals surface area contributed by atoms with Crippen LogP contribution < -0.4 is 0 Å². The summed E-state index contributed by atoms with van der Waals surface area (Å²) in [6.45, 7) is 16.2. The monoisotopic (exact) mass is 860 g/mol. The number of fused-ring (bicyclic) bond motifs is 4. The van der Waals surface area contributed by atoms with Crippen LogP contribution in [0.2, 0.25) is 0 Å². The van der Waals surface area contributed by atoms with Gasteiger partial charge in [0.05, 0.1) is 17.2 Å². The zero-order valence-electron chi connectivity index (χ0n) is 31.0. The van der Waals surface area contributed by atoms with Crippen LogP contribution >= 0.6 is 0 Å². The zero-order valence-corrected chi connectivity index (χ0v) is 33.4. The van der Waals surface area contributed by atoms with E-state index in [9.17, 15) is 5.26 Å². The first kappa shape index (κ1) is 37.1. The maximum atomic E-state index is 10.1. The SMILES string of the molecule is CC(C)(C)c1c[c-]c(-c2ccccn2)cc1.CC1(C)CCC(C)(C)C2C=C(c3c(C#N)ccc4c3oc3c(-c5ccccn5)[c-]ccc34)C=CC21.[Ir]. The fraction of sp³-hybridized carbons (Fsp3) is 0.298. The Balaban J connectivity index is 0.000000230. The molecule has 6 aromatic rings. The molecule has 0 spiro atoms. The van der Waals surface area contributed by atoms with Crippen LogP contribution in [0.15, 0.2) is 114 Å². The van der Waals surface area contributed by atoms with Crippen LogP contribution in [0.4, 0.5) is 0 Å². The van der Waals surface area contributed by atoms with Crippen LogP contribution in [0, 0.1) is 46.1 Å². The molecule has 0 amide bonds. The fourth-order valence-corrected chi connectivity index (χ4v) is 7.74. The molecule has 52 heavy (non-hydrogen) atoms. The van der Waals surface area contributed by atoms with Gasteiger partial charge in [0.25, 0.3) is 0 Å². The molecule has 0 saturated heterocycles. The average Bonchev–Trinajstić information content (AvgIpc) is 3.53. The van der Waals surface area contributed by atoms with Gasteiger partial charge in [-0.15, -0.1) is 53.6 Å². The molecule has 2 aliphatic carbocycles. The van der Waals surface area contributed by atoms with E-state index < -0.39 is 0 Å². The van der Waals surface area contributed by atoms with Crippen LogP contribution in [0.25, 0.3) is 50.0 Å². The van der Waals surface area contributed by atoms with Gasteiger partial charge in [-0.2, -0.15) is 5.26 Å². The minimum Gasteiger partial charge on any atom is -0.500 e. The second-order valence-electron chi connectivity index (χ2n) is 16.4. The normalized spacial score (nSPS) is 18.7. The number of aromatic nitrogens is 2. The molecular formula is C47H45IrN3O-2. The summed E-state index contributed by atoms with van der Waals surface area (Å²) in [5.74, 6) is 0.899. The summed E-state index contributed by atoms with van der Waals surface area (Å²) in [6, 6.07) is 35.0. The maximum Gasteiger partial charge on any atom is 0.130 e. The van der Waals surface area contributed by atoms with Crippen LogP contribution in [-0.2, 0) is 25.5 Å². The average molecular weight is 860 g/mol. The van der Waals surface area contributed by atoms with Gasteiger partial charge in [0.1, 0.15) is 5.58 Å². The Morgan fingerprint density at radius 1 is 0.788 bits per heavy atom. The van der Waals surface area contributed by atoms with Gasteiger partial charge in [0.2, 0.25) is 0 Å². The summed E-state index contributed by atoms with van der Waals surface area (Å²) in [4.78, 5) is 8.83. The molecule has 8 rings (SSSR count). The van der Waals surface area contributed by atoms with Crippen molar-refractivity contribution in [1.82, 2.24) is 9.97 Å². The number of furan rings is 1. The molecule has 3 heterocycles. The molecular weight excluding hydrogens is 815 g/mol. The van der Waals surface area contributed by atoms with E-state index in [1.54, 1.807) is 12.4 Å². The molecule has 4 nitrogen and oxygen atoms in total. The van der Waals surface area contributed by atoms with Crippen molar-refractivity contribution >= 4 is 27.5 Å². The summed E-state index contributed by atoms with van der Waals surface area (Å²) in [7, 11) is 0. The van der Waals surface area contributed by atoms with Crippen molar-refractivity contribution in [2.45, 2.75) is 66.7 Å². The van der Waals surface area contributed by atoms with Crippen LogP contribution in [0.5, 0.6) is 0 Å². The molecule has 0 bridgehead atoms. The second-order valence-corrected chi connectivity index (χ2v) is 16.4. The molecule has 1 fully saturated rings. The van der Waals surface area contributed by atoms with Crippen LogP contribution in [-0.4, -0.2) is 9.97 Å². The first-order valence-corrected chi connectivity index (χ1v) is 17.9. The van der Waals surface area contributed by atoms with Gasteiger partial charge in [0, 0.05) is 43.4 Å². The van der Waals surface area contributed by atoms with Crippen LogP contribution in [0.3, 0.4) is 0 Å². The Kier molecular flexibility index (Phi) is 10.3. The summed E-state index contributed by atoms with van der Waals surface area (Å²) in [5.41, 5.74) is 9.76. The van der Waals surface area contributed by atoms with Crippen molar-refractivity contribution in [3.8, 4) is 28.6 Å². The van der Waals surface area contributed by atoms with E-state index in [2.05, 4.69) is 113 Å². The molecule has 1 saturated carbocycles. The largest absolute Gasteiger partial charge is 0.500 e. The van der Waals surface area contributed by atoms with Gasteiger partial charge in [0.15, 0.2) is 0 Å². The minimum absolute atomic E-state index is 0. The third-order valence-electron chi connectivity index (χ3n) is 11.0. The Labute approximate surface area is 322 Å². The van der Waals surface area contributed by atoms with Gasteiger partial charge in [-0.3, -0.25) is 0 Å². The third-order valence-corrected chi connectivity index (χ3v) is 11.0. The standard InChI is InChI=1S/C32H29N2O.C15H16N.Ir/c1-31(2)15-16-32(3,4)26-18-20(12-14-25(26)31)28-21(19-33)11-13-23-22-8-7-9-24(29(22)35-30(23)28)27-10-5-6-17-34-27;1-15(2,3)13-9-7-12(8-10-13)14-6-4-5-11-16-14;/h5-8,10-14,17-18,25-26H,15-16H2,1-4H3;4-7,9-11H,1-3H3;/q2*-1;. The van der Waals surface area contributed by atoms with Crippen molar-refractivity contribution in [3.05, 3.63) is 138 Å². The van der Waals surface area contributed by atoms with E-state index in [4.69, 9.17) is 4.42 Å². The van der Waals surface area contributed by atoms with Crippen molar-refractivity contribution < 1.29 is 24.5 Å². The fourth-order valence-electron chi connectivity index (χ4n) is 7.74. The van der Waals surface area contributed by atoms with Crippen molar-refractivity contribution in [1.29, 1.82) is 5.26 Å². The van der Waals surface area contributed by atoms with Crippen molar-refractivity contribution in [2.75, 3.05) is 0 Å². The van der Waals surface area contributed by atoms with E-state index in [1.807, 2.05) is 60.7 Å². The summed E-state index contributed by atoms with van der Waals surface area (Å²) in [6.07, 6.45) is 13.0. The van der Waals surface area contributed by atoms with Gasteiger partial charge < -0.3 is 14.4 Å². The molecule has 5 heteroatoms. The summed E-state index contributed by atoms with van der Waals surface area (Å²) >= 11 is 0. The predicted molar refractivity (Wildman–Crippen MR) is 209 cm³/mol. The summed E-state index contributed by atoms with van der Waals surface area (Å²) < 4.78 is 6.60. The number of benzene rings is 3. The first-order valence-electron chi connectivity index (χ1n) is 17.9. The molecule has 1 radical (unpaired) electrons. The number of hydrogen-bond donors (Lipinski definition) is 0. The van der Waals surface area contributed by atoms with Crippen molar-refractivity contribution in [2.24, 2.45) is 22.7 Å². The molecule has 0 N–H and O–H groups in total. The van der Waals surface area contributed by atoms with Gasteiger partial charge >= 0.3 is 0 Å². The minimum atomic E-state index is 0. The van der Waals surface area contributed by atoms with E-state index in [1.165, 1.54) is 18.4 Å². The second kappa shape index (κ2) is 14.4. The molecule has 265 valence electrons. The Morgan fingerprint density at radius 3 is 2.08 bits per heavy atom. The van der Waals surface area contributed by atoms with Crippen molar-refractivity contribution in [3.63, 3.8) is 0 Å². The predicted octanol–water partition coefficient (Wildman–Crippen LogP) is 12.2. The third kappa shape index (κ3) is 7.08. The number of rotatable bonds is 3. The smallest absolute Gasteiger partial charge is 0.130 e. The number of pyridine rings is 2. The van der Waals surface area contributed by atoms with E-state index >= 15 is 0 Å². The Morgan fingerprint density at radius 2 is 1.46 bits per heavy atom. The number of hydrogen-bond acceptors (Lipinski definition) is 4. The number of nitriles is 1. The number of allylic oxidation sites excluding steroid dienone is 4. The molecule has 2 unspecified atom stereocenters. The zero-order chi connectivity index (χ0) is 36.0. The number of nitrogens with zero attached hydrogens (tertiary/aromatic N) is 3. The Bertz CT molecular complexity index is 2300. The van der Waals surface area contributed by atoms with E-state index in [-0.39, 0.29) is 36.4 Å². The Hall–Kier alpha value is -4.62. The van der Waals surface area contributed by atoms with Gasteiger partial charge in [-0.1, -0.05) is 108 Å². The topological polar surface area (TPSA) is 62.7 Å². The molecule has 2 atom stereocenters. The van der Waals surface area contributed by atoms with Crippen LogP contribution in [0.1, 0.15) is 78.0 Å². The molecule has 2 aliphatic rings. The maximum absolute atomic E-state index is 10.1. The first-order chi connectivity index (χ1) is 24.4. The van der Waals surface area contributed by atoms with Gasteiger partial charge in [-0.25, -0.2) is 0 Å². The van der Waals surface area contributed by atoms with Gasteiger partial charge in [-0.05, 0) is 76.1 Å². The molecule has 3 aromatic heterocycles. The van der Waals surface area contributed by atoms with E-state index in [0.29, 0.717) is 17.4 Å². The molecule has 3 aromatic carbocycles. The van der Waals surface area contributed by atoms with E-state index in [0.717, 1.165) is 55.6 Å². The molecule has 0 aliphatic heterocycles.